The summed E-state index contributed by atoms with van der Waals surface area (Å²) in [5.41, 5.74) is 0. The third-order valence-corrected chi connectivity index (χ3v) is 5.75. The van der Waals surface area contributed by atoms with Crippen LogP contribution in [-0.4, -0.2) is 26.2 Å². The Morgan fingerprint density at radius 1 is 0.880 bits per heavy atom. The van der Waals surface area contributed by atoms with Gasteiger partial charge in [-0.05, 0) is 37.0 Å². The molecular weight excluding hydrogens is 316 g/mol. The van der Waals surface area contributed by atoms with Crippen molar-refractivity contribution in [2.45, 2.75) is 78.6 Å². The Morgan fingerprint density at radius 3 is 2.08 bits per heavy atom. The lowest BCUT2D eigenvalue weighted by Gasteiger charge is -2.33. The van der Waals surface area contributed by atoms with Gasteiger partial charge >= 0.3 is 11.9 Å². The van der Waals surface area contributed by atoms with E-state index in [0.717, 1.165) is 37.5 Å². The maximum Gasteiger partial charge on any atom is 0.309 e. The number of ether oxygens (including phenoxy) is 2. The molecule has 0 bridgehead atoms. The Bertz CT molecular complexity index is 405. The lowest BCUT2D eigenvalue weighted by Crippen LogP contribution is -2.37. The lowest BCUT2D eigenvalue weighted by molar-refractivity contribution is -0.160. The maximum absolute atomic E-state index is 12.1. The summed E-state index contributed by atoms with van der Waals surface area (Å²) in [6.07, 6.45) is 10.1. The second kappa shape index (κ2) is 11.5. The first-order valence-corrected chi connectivity index (χ1v) is 10.0. The average molecular weight is 355 g/mol. The quantitative estimate of drug-likeness (QED) is 0.518. The molecule has 4 nitrogen and oxygen atoms in total. The molecule has 0 heterocycles. The molecule has 0 aliphatic heterocycles. The Balaban J connectivity index is 2.38. The summed E-state index contributed by atoms with van der Waals surface area (Å²) in [7, 11) is 2.79. The first kappa shape index (κ1) is 22.0. The molecule has 0 aromatic heterocycles. The fraction of sp³-hybridized carbons (Fsp3) is 0.905. The van der Waals surface area contributed by atoms with Crippen molar-refractivity contribution in [1.82, 2.24) is 0 Å². The van der Waals surface area contributed by atoms with E-state index >= 15 is 0 Å². The molecule has 0 aromatic carbocycles. The van der Waals surface area contributed by atoms with Gasteiger partial charge in [-0.15, -0.1) is 0 Å². The van der Waals surface area contributed by atoms with Gasteiger partial charge in [0.25, 0.3) is 0 Å². The highest BCUT2D eigenvalue weighted by Crippen LogP contribution is 2.38. The molecule has 146 valence electrons. The van der Waals surface area contributed by atoms with Crippen LogP contribution in [0.1, 0.15) is 78.6 Å². The Labute approximate surface area is 154 Å². The Hall–Kier alpha value is -1.06. The van der Waals surface area contributed by atoms with Gasteiger partial charge in [0.2, 0.25) is 0 Å². The molecule has 0 amide bonds. The minimum absolute atomic E-state index is 0.262. The molecule has 1 fully saturated rings. The van der Waals surface area contributed by atoms with Crippen LogP contribution in [0.3, 0.4) is 0 Å². The van der Waals surface area contributed by atoms with E-state index in [9.17, 15) is 9.59 Å². The number of carbonyl (C=O) groups excluding carboxylic acids is 2. The van der Waals surface area contributed by atoms with Crippen LogP contribution in [0.2, 0.25) is 0 Å². The zero-order valence-electron chi connectivity index (χ0n) is 16.9. The minimum Gasteiger partial charge on any atom is -0.469 e. The number of carbonyl (C=O) groups is 2. The zero-order valence-corrected chi connectivity index (χ0v) is 16.9. The molecule has 1 aliphatic carbocycles. The van der Waals surface area contributed by atoms with E-state index in [1.165, 1.54) is 46.3 Å². The summed E-state index contributed by atoms with van der Waals surface area (Å²) in [6, 6.07) is 0. The normalized spacial score (nSPS) is 24.8. The molecule has 25 heavy (non-hydrogen) atoms. The van der Waals surface area contributed by atoms with Gasteiger partial charge in [-0.3, -0.25) is 9.59 Å². The van der Waals surface area contributed by atoms with E-state index in [1.54, 1.807) is 0 Å². The van der Waals surface area contributed by atoms with Crippen LogP contribution in [0.15, 0.2) is 0 Å². The monoisotopic (exact) mass is 354 g/mol. The van der Waals surface area contributed by atoms with Crippen LogP contribution in [0.25, 0.3) is 0 Å². The largest absolute Gasteiger partial charge is 0.469 e. The van der Waals surface area contributed by atoms with E-state index in [1.807, 2.05) is 0 Å². The number of hydrogen-bond acceptors (Lipinski definition) is 4. The van der Waals surface area contributed by atoms with E-state index < -0.39 is 0 Å². The predicted molar refractivity (Wildman–Crippen MR) is 100 cm³/mol. The van der Waals surface area contributed by atoms with E-state index in [-0.39, 0.29) is 23.8 Å². The standard InChI is InChI=1S/C21H38O4/c1-15(2)8-6-9-16(3)10-7-11-17-12-13-18(20(22)24-4)19(14-17)21(23)25-5/h15-19H,6-14H2,1-5H3/t16?,17?,18-,19-/m0/s1. The molecule has 1 saturated carbocycles. The summed E-state index contributed by atoms with van der Waals surface area (Å²) >= 11 is 0. The number of hydrogen-bond donors (Lipinski definition) is 0. The smallest absolute Gasteiger partial charge is 0.309 e. The van der Waals surface area contributed by atoms with Crippen LogP contribution >= 0.6 is 0 Å². The minimum atomic E-state index is -0.334. The molecule has 0 saturated heterocycles. The van der Waals surface area contributed by atoms with Crippen LogP contribution in [0.4, 0.5) is 0 Å². The van der Waals surface area contributed by atoms with Gasteiger partial charge in [0.05, 0.1) is 26.1 Å². The predicted octanol–water partition coefficient (Wildman–Crippen LogP) is 5.00. The number of esters is 2. The van der Waals surface area contributed by atoms with E-state index in [2.05, 4.69) is 20.8 Å². The molecule has 0 N–H and O–H groups in total. The fourth-order valence-corrected chi connectivity index (χ4v) is 4.14. The van der Waals surface area contributed by atoms with Gasteiger partial charge in [0.1, 0.15) is 0 Å². The van der Waals surface area contributed by atoms with Crippen molar-refractivity contribution in [3.8, 4) is 0 Å². The summed E-state index contributed by atoms with van der Waals surface area (Å²) < 4.78 is 9.79. The van der Waals surface area contributed by atoms with E-state index in [4.69, 9.17) is 9.47 Å². The number of methoxy groups -OCH3 is 2. The summed E-state index contributed by atoms with van der Waals surface area (Å²) in [6.45, 7) is 6.92. The first-order chi connectivity index (χ1) is 11.9. The third kappa shape index (κ3) is 7.79. The topological polar surface area (TPSA) is 52.6 Å². The lowest BCUT2D eigenvalue weighted by atomic mass is 9.72. The zero-order chi connectivity index (χ0) is 18.8. The molecule has 0 aromatic rings. The van der Waals surface area contributed by atoms with Crippen molar-refractivity contribution in [3.05, 3.63) is 0 Å². The summed E-state index contributed by atoms with van der Waals surface area (Å²) in [5, 5.41) is 0. The molecular formula is C21H38O4. The van der Waals surface area contributed by atoms with Gasteiger partial charge in [-0.1, -0.05) is 59.3 Å². The molecule has 4 atom stereocenters. The highest BCUT2D eigenvalue weighted by atomic mass is 16.5. The third-order valence-electron chi connectivity index (χ3n) is 5.75. The SMILES string of the molecule is COC(=O)[C@H]1CCC(CCCC(C)CCCC(C)C)C[C@@H]1C(=O)OC. The average Bonchev–Trinajstić information content (AvgIpc) is 2.59. The molecule has 4 heteroatoms. The van der Waals surface area contributed by atoms with Gasteiger partial charge in [0, 0.05) is 0 Å². The van der Waals surface area contributed by atoms with Crippen LogP contribution < -0.4 is 0 Å². The highest BCUT2D eigenvalue weighted by Gasteiger charge is 2.40. The van der Waals surface area contributed by atoms with Gasteiger partial charge in [0.15, 0.2) is 0 Å². The molecule has 0 radical (unpaired) electrons. The van der Waals surface area contributed by atoms with Gasteiger partial charge in [-0.2, -0.15) is 0 Å². The van der Waals surface area contributed by atoms with Gasteiger partial charge in [-0.25, -0.2) is 0 Å². The van der Waals surface area contributed by atoms with Crippen LogP contribution in [0.5, 0.6) is 0 Å². The van der Waals surface area contributed by atoms with Crippen molar-refractivity contribution in [1.29, 1.82) is 0 Å². The van der Waals surface area contributed by atoms with Gasteiger partial charge < -0.3 is 9.47 Å². The van der Waals surface area contributed by atoms with Crippen LogP contribution in [0, 0.1) is 29.6 Å². The van der Waals surface area contributed by atoms with Crippen molar-refractivity contribution in [2.24, 2.45) is 29.6 Å². The molecule has 1 rings (SSSR count). The van der Waals surface area contributed by atoms with Crippen molar-refractivity contribution < 1.29 is 19.1 Å². The van der Waals surface area contributed by atoms with Crippen molar-refractivity contribution in [2.75, 3.05) is 14.2 Å². The maximum atomic E-state index is 12.1. The fourth-order valence-electron chi connectivity index (χ4n) is 4.14. The van der Waals surface area contributed by atoms with E-state index in [0.29, 0.717) is 5.92 Å². The second-order valence-corrected chi connectivity index (χ2v) is 8.30. The Morgan fingerprint density at radius 2 is 1.48 bits per heavy atom. The highest BCUT2D eigenvalue weighted by molar-refractivity contribution is 5.82. The molecule has 0 spiro atoms. The summed E-state index contributed by atoms with van der Waals surface area (Å²) in [4.78, 5) is 24.0. The van der Waals surface area contributed by atoms with Crippen LogP contribution in [-0.2, 0) is 19.1 Å². The second-order valence-electron chi connectivity index (χ2n) is 8.30. The Kier molecular flexibility index (Phi) is 10.1. The number of rotatable bonds is 10. The summed E-state index contributed by atoms with van der Waals surface area (Å²) in [5.74, 6) is 0.903. The van der Waals surface area contributed by atoms with Crippen molar-refractivity contribution >= 4 is 11.9 Å². The first-order valence-electron chi connectivity index (χ1n) is 10.0. The molecule has 1 aliphatic rings. The van der Waals surface area contributed by atoms with Crippen molar-refractivity contribution in [3.63, 3.8) is 0 Å². The molecule has 2 unspecified atom stereocenters.